The van der Waals surface area contributed by atoms with Crippen LogP contribution in [0, 0.1) is 5.41 Å². The second-order valence-electron chi connectivity index (χ2n) is 6.66. The van der Waals surface area contributed by atoms with Gasteiger partial charge in [0.05, 0.1) is 16.0 Å². The van der Waals surface area contributed by atoms with Crippen LogP contribution in [0.3, 0.4) is 0 Å². The molecule has 0 aliphatic heterocycles. The Kier molecular flexibility index (Phi) is 6.08. The van der Waals surface area contributed by atoms with E-state index >= 15 is 0 Å². The number of nitrogens with one attached hydrogen (secondary N) is 1. The summed E-state index contributed by atoms with van der Waals surface area (Å²) in [7, 11) is 0. The summed E-state index contributed by atoms with van der Waals surface area (Å²) in [4.78, 5) is 12.8. The summed E-state index contributed by atoms with van der Waals surface area (Å²) in [6, 6.07) is 14.1. The number of hydrogen-bond donors (Lipinski definition) is 2. The van der Waals surface area contributed by atoms with E-state index in [2.05, 4.69) is 11.4 Å². The van der Waals surface area contributed by atoms with Gasteiger partial charge in [0.2, 0.25) is 0 Å². The van der Waals surface area contributed by atoms with Gasteiger partial charge in [0.1, 0.15) is 5.69 Å². The normalized spacial score (nSPS) is 11.6. The van der Waals surface area contributed by atoms with Crippen molar-refractivity contribution in [2.45, 2.75) is 33.2 Å². The monoisotopic (exact) mass is 383 g/mol. The van der Waals surface area contributed by atoms with Crippen molar-refractivity contribution in [1.82, 2.24) is 15.1 Å². The molecule has 3 aromatic rings. The quantitative estimate of drug-likeness (QED) is 0.567. The Labute approximate surface area is 163 Å². The minimum atomic E-state index is -0.738. The van der Waals surface area contributed by atoms with E-state index in [9.17, 15) is 9.90 Å². The smallest absolute Gasteiger partial charge is 0.310 e. The number of rotatable bonds is 9. The van der Waals surface area contributed by atoms with E-state index in [1.807, 2.05) is 66.5 Å². The van der Waals surface area contributed by atoms with Gasteiger partial charge in [-0.15, -0.1) is 11.3 Å². The number of hydrogen-bond acceptors (Lipinski definition) is 4. The third-order valence-corrected chi connectivity index (χ3v) is 6.03. The van der Waals surface area contributed by atoms with E-state index in [1.54, 1.807) is 11.3 Å². The van der Waals surface area contributed by atoms with Gasteiger partial charge in [-0.2, -0.15) is 5.10 Å². The first-order valence-electron chi connectivity index (χ1n) is 9.21. The largest absolute Gasteiger partial charge is 0.481 e. The molecule has 142 valence electrons. The first kappa shape index (κ1) is 19.3. The van der Waals surface area contributed by atoms with Crippen molar-refractivity contribution in [3.63, 3.8) is 0 Å². The number of carbonyl (C=O) groups is 1. The molecule has 2 heterocycles. The Bertz CT molecular complexity index is 868. The molecule has 6 heteroatoms. The van der Waals surface area contributed by atoms with Crippen LogP contribution in [0.15, 0.2) is 54.0 Å². The van der Waals surface area contributed by atoms with Crippen LogP contribution in [-0.2, 0) is 11.3 Å². The van der Waals surface area contributed by atoms with Crippen LogP contribution in [0.4, 0.5) is 0 Å². The summed E-state index contributed by atoms with van der Waals surface area (Å²) in [6.07, 6.45) is 3.23. The van der Waals surface area contributed by atoms with Gasteiger partial charge in [0.25, 0.3) is 0 Å². The molecular formula is C21H25N3O2S. The van der Waals surface area contributed by atoms with Crippen molar-refractivity contribution >= 4 is 17.3 Å². The average molecular weight is 384 g/mol. The molecule has 0 atom stereocenters. The molecule has 2 N–H and O–H groups in total. The minimum Gasteiger partial charge on any atom is -0.481 e. The molecule has 3 rings (SSSR count). The zero-order valence-electron chi connectivity index (χ0n) is 15.7. The lowest BCUT2D eigenvalue weighted by Crippen LogP contribution is -2.40. The number of aromatic nitrogens is 2. The fourth-order valence-corrected chi connectivity index (χ4v) is 3.93. The van der Waals surface area contributed by atoms with Crippen molar-refractivity contribution in [2.75, 3.05) is 6.54 Å². The molecule has 5 nitrogen and oxygen atoms in total. The lowest BCUT2D eigenvalue weighted by atomic mass is 9.82. The maximum Gasteiger partial charge on any atom is 0.310 e. The van der Waals surface area contributed by atoms with Crippen LogP contribution in [0.5, 0.6) is 0 Å². The molecule has 0 amide bonds. The summed E-state index contributed by atoms with van der Waals surface area (Å²) in [6.45, 7) is 4.89. The fraction of sp³-hybridized carbons (Fsp3) is 0.333. The van der Waals surface area contributed by atoms with Crippen LogP contribution in [0.1, 0.15) is 32.3 Å². The summed E-state index contributed by atoms with van der Waals surface area (Å²) in [5.41, 5.74) is 2.28. The third-order valence-electron chi connectivity index (χ3n) is 5.15. The Hall–Kier alpha value is -2.44. The molecule has 0 saturated heterocycles. The van der Waals surface area contributed by atoms with Crippen molar-refractivity contribution in [1.29, 1.82) is 0 Å². The van der Waals surface area contributed by atoms with Crippen LogP contribution in [0.2, 0.25) is 0 Å². The predicted octanol–water partition coefficient (Wildman–Crippen LogP) is 4.58. The fourth-order valence-electron chi connectivity index (χ4n) is 3.19. The van der Waals surface area contributed by atoms with Crippen LogP contribution in [-0.4, -0.2) is 27.4 Å². The third kappa shape index (κ3) is 4.12. The van der Waals surface area contributed by atoms with Crippen molar-refractivity contribution in [3.05, 3.63) is 59.6 Å². The lowest BCUT2D eigenvalue weighted by Gasteiger charge is -2.26. The van der Waals surface area contributed by atoms with Crippen LogP contribution < -0.4 is 5.32 Å². The summed E-state index contributed by atoms with van der Waals surface area (Å²) in [5.74, 6) is -0.738. The van der Waals surface area contributed by atoms with E-state index < -0.39 is 11.4 Å². The second kappa shape index (κ2) is 8.50. The number of nitrogens with zero attached hydrogens (tertiary/aromatic N) is 2. The molecule has 1 aromatic carbocycles. The number of carboxylic acids is 1. The number of thiophene rings is 1. The van der Waals surface area contributed by atoms with E-state index in [0.29, 0.717) is 25.9 Å². The first-order valence-corrected chi connectivity index (χ1v) is 10.1. The topological polar surface area (TPSA) is 67.2 Å². The standard InChI is InChI=1S/C21H25N3O2S/c1-3-21(4-2,20(25)26)15-22-13-16-14-24(17-9-6-5-7-10-17)23-19(16)18-11-8-12-27-18/h5-12,14,22H,3-4,13,15H2,1-2H3,(H,25,26). The number of carboxylic acid groups (broad SMARTS) is 1. The molecule has 0 aliphatic rings. The molecule has 27 heavy (non-hydrogen) atoms. The van der Waals surface area contributed by atoms with E-state index in [1.165, 1.54) is 0 Å². The Morgan fingerprint density at radius 1 is 1.19 bits per heavy atom. The van der Waals surface area contributed by atoms with Gasteiger partial charge in [-0.1, -0.05) is 38.1 Å². The Balaban J connectivity index is 1.84. The zero-order valence-corrected chi connectivity index (χ0v) is 16.5. The first-order chi connectivity index (χ1) is 13.1. The highest BCUT2D eigenvalue weighted by Crippen LogP contribution is 2.29. The number of benzene rings is 1. The lowest BCUT2D eigenvalue weighted by molar-refractivity contribution is -0.149. The molecule has 0 fully saturated rings. The van der Waals surface area contributed by atoms with E-state index in [4.69, 9.17) is 5.10 Å². The van der Waals surface area contributed by atoms with Gasteiger partial charge in [-0.3, -0.25) is 4.79 Å². The maximum absolute atomic E-state index is 11.7. The molecule has 0 bridgehead atoms. The second-order valence-corrected chi connectivity index (χ2v) is 7.60. The molecule has 0 saturated carbocycles. The van der Waals surface area contributed by atoms with Crippen LogP contribution >= 0.6 is 11.3 Å². The van der Waals surface area contributed by atoms with Gasteiger partial charge in [-0.25, -0.2) is 4.68 Å². The maximum atomic E-state index is 11.7. The highest BCUT2D eigenvalue weighted by atomic mass is 32.1. The van der Waals surface area contributed by atoms with Crippen molar-refractivity contribution in [3.8, 4) is 16.3 Å². The van der Waals surface area contributed by atoms with Crippen molar-refractivity contribution < 1.29 is 9.90 Å². The Morgan fingerprint density at radius 2 is 1.93 bits per heavy atom. The van der Waals surface area contributed by atoms with E-state index in [-0.39, 0.29) is 0 Å². The molecule has 0 spiro atoms. The predicted molar refractivity (Wildman–Crippen MR) is 109 cm³/mol. The van der Waals surface area contributed by atoms with E-state index in [0.717, 1.165) is 21.8 Å². The summed E-state index contributed by atoms with van der Waals surface area (Å²) in [5, 5.41) is 19.8. The summed E-state index contributed by atoms with van der Waals surface area (Å²) >= 11 is 1.65. The minimum absolute atomic E-state index is 0.440. The molecule has 2 aromatic heterocycles. The summed E-state index contributed by atoms with van der Waals surface area (Å²) < 4.78 is 1.89. The Morgan fingerprint density at radius 3 is 2.52 bits per heavy atom. The molecule has 0 unspecified atom stereocenters. The van der Waals surface area contributed by atoms with Crippen LogP contribution in [0.25, 0.3) is 16.3 Å². The van der Waals surface area contributed by atoms with Crippen molar-refractivity contribution in [2.24, 2.45) is 5.41 Å². The SMILES string of the molecule is CCC(CC)(CNCc1cn(-c2ccccc2)nc1-c1cccs1)C(=O)O. The number of aliphatic carboxylic acids is 1. The van der Waals surface area contributed by atoms with Gasteiger partial charge < -0.3 is 10.4 Å². The van der Waals surface area contributed by atoms with Gasteiger partial charge in [-0.05, 0) is 36.4 Å². The average Bonchev–Trinajstić information content (AvgIpc) is 3.35. The zero-order chi connectivity index (χ0) is 19.3. The highest BCUT2D eigenvalue weighted by molar-refractivity contribution is 7.13. The highest BCUT2D eigenvalue weighted by Gasteiger charge is 2.34. The van der Waals surface area contributed by atoms with Gasteiger partial charge in [0.15, 0.2) is 0 Å². The number of para-hydroxylation sites is 1. The molecular weight excluding hydrogens is 358 g/mol. The van der Waals surface area contributed by atoms with Gasteiger partial charge in [0, 0.05) is 24.8 Å². The molecule has 0 radical (unpaired) electrons. The van der Waals surface area contributed by atoms with Gasteiger partial charge >= 0.3 is 5.97 Å². The molecule has 0 aliphatic carbocycles.